The molecule has 0 bridgehead atoms. The molecule has 3 heteroatoms. The van der Waals surface area contributed by atoms with Gasteiger partial charge in [-0.2, -0.15) is 0 Å². The van der Waals surface area contributed by atoms with Crippen LogP contribution in [0.1, 0.15) is 13.7 Å². The number of aromatic nitrogens is 2. The first-order chi connectivity index (χ1) is 29.4. The van der Waals surface area contributed by atoms with Gasteiger partial charge in [0.05, 0.1) is 35.8 Å². The van der Waals surface area contributed by atoms with Crippen LogP contribution < -0.4 is 0 Å². The highest BCUT2D eigenvalue weighted by atomic mass is 16.3. The minimum absolute atomic E-state index is 0.103. The van der Waals surface area contributed by atoms with E-state index in [0.717, 1.165) is 65.8 Å². The van der Waals surface area contributed by atoms with Gasteiger partial charge in [0.1, 0.15) is 11.2 Å². The molecule has 51 heavy (non-hydrogen) atoms. The van der Waals surface area contributed by atoms with Gasteiger partial charge in [-0.1, -0.05) is 109 Å². The van der Waals surface area contributed by atoms with Crippen molar-refractivity contribution >= 4 is 65.6 Å². The number of para-hydroxylation sites is 3. The molecule has 0 amide bonds. The highest BCUT2D eigenvalue weighted by Gasteiger charge is 2.18. The summed E-state index contributed by atoms with van der Waals surface area (Å²) in [7, 11) is 0. The van der Waals surface area contributed by atoms with Gasteiger partial charge in [-0.15, -0.1) is 0 Å². The molecule has 8 aromatic carbocycles. The number of hydrogen-bond acceptors (Lipinski definition) is 1. The third-order valence-electron chi connectivity index (χ3n) is 9.90. The molecular weight excluding hydrogens is 621 g/mol. The standard InChI is InChI=1S/C48H30N2O/c1-3-12-31(13-4-1)36-18-11-21-47-48(36)41-30-35(24-27-46(41)51-47)50-43-20-10-8-17-38(43)40-29-33(23-26-45(40)50)32-22-25-44-39(28-32)37-16-7-9-19-42(37)49(44)34-14-5-2-6-15-34/h1-30H/i1D,2D,3D,4D,5D,6D,12D,13D,14D,15D. The maximum absolute atomic E-state index is 8.76. The first kappa shape index (κ1) is 20.0. The molecule has 3 nitrogen and oxygen atoms in total. The average molecular weight is 661 g/mol. The lowest BCUT2D eigenvalue weighted by Gasteiger charge is -2.10. The van der Waals surface area contributed by atoms with Crippen molar-refractivity contribution in [2.24, 2.45) is 0 Å². The Balaban J connectivity index is 1.09. The Bertz CT molecular complexity index is 3670. The second-order valence-electron chi connectivity index (χ2n) is 12.6. The molecule has 0 fully saturated rings. The van der Waals surface area contributed by atoms with E-state index >= 15 is 0 Å². The van der Waals surface area contributed by atoms with Crippen molar-refractivity contribution in [1.82, 2.24) is 9.13 Å². The molecule has 0 unspecified atom stereocenters. The van der Waals surface area contributed by atoms with Crippen LogP contribution in [-0.2, 0) is 0 Å². The molecule has 0 spiro atoms. The monoisotopic (exact) mass is 660 g/mol. The summed E-state index contributed by atoms with van der Waals surface area (Å²) in [5.74, 6) is 0. The smallest absolute Gasteiger partial charge is 0.136 e. The lowest BCUT2D eigenvalue weighted by atomic mass is 9.99. The molecule has 0 aliphatic carbocycles. The van der Waals surface area contributed by atoms with E-state index in [9.17, 15) is 0 Å². The summed E-state index contributed by atoms with van der Waals surface area (Å²) < 4.78 is 94.9. The van der Waals surface area contributed by atoms with Crippen molar-refractivity contribution in [3.8, 4) is 33.6 Å². The first-order valence-corrected chi connectivity index (χ1v) is 16.6. The summed E-state index contributed by atoms with van der Waals surface area (Å²) in [4.78, 5) is 0. The summed E-state index contributed by atoms with van der Waals surface area (Å²) in [6.45, 7) is 0. The van der Waals surface area contributed by atoms with Crippen molar-refractivity contribution < 1.29 is 18.1 Å². The maximum atomic E-state index is 8.76. The zero-order chi connectivity index (χ0) is 42.2. The molecule has 0 N–H and O–H groups in total. The highest BCUT2D eigenvalue weighted by molar-refractivity contribution is 6.15. The molecular formula is C48H30N2O. The van der Waals surface area contributed by atoms with Crippen molar-refractivity contribution in [2.45, 2.75) is 0 Å². The minimum Gasteiger partial charge on any atom is -0.456 e. The summed E-state index contributed by atoms with van der Waals surface area (Å²) in [5, 5.41) is 5.23. The van der Waals surface area contributed by atoms with Crippen molar-refractivity contribution in [3.05, 3.63) is 182 Å². The number of furan rings is 1. The highest BCUT2D eigenvalue weighted by Crippen LogP contribution is 2.41. The van der Waals surface area contributed by atoms with Gasteiger partial charge in [0, 0.05) is 43.7 Å². The molecule has 0 atom stereocenters. The van der Waals surface area contributed by atoms with Gasteiger partial charge in [0.2, 0.25) is 0 Å². The van der Waals surface area contributed by atoms with Crippen LogP contribution in [0.4, 0.5) is 0 Å². The Morgan fingerprint density at radius 1 is 0.392 bits per heavy atom. The fraction of sp³-hybridized carbons (Fsp3) is 0. The van der Waals surface area contributed by atoms with Crippen LogP contribution in [0.3, 0.4) is 0 Å². The third kappa shape index (κ3) is 4.19. The number of fused-ring (bicyclic) bond motifs is 9. The van der Waals surface area contributed by atoms with E-state index in [1.165, 1.54) is 0 Å². The third-order valence-corrected chi connectivity index (χ3v) is 9.90. The number of nitrogens with zero attached hydrogens (tertiary/aromatic N) is 2. The molecule has 11 aromatic rings. The van der Waals surface area contributed by atoms with Gasteiger partial charge < -0.3 is 13.6 Å². The lowest BCUT2D eigenvalue weighted by molar-refractivity contribution is 0.669. The number of benzene rings is 8. The van der Waals surface area contributed by atoms with Gasteiger partial charge in [-0.25, -0.2) is 0 Å². The molecule has 238 valence electrons. The molecule has 3 heterocycles. The van der Waals surface area contributed by atoms with Crippen molar-refractivity contribution in [2.75, 3.05) is 0 Å². The Labute approximate surface area is 307 Å². The van der Waals surface area contributed by atoms with Crippen LogP contribution in [0.25, 0.3) is 99.2 Å². The number of hydrogen-bond donors (Lipinski definition) is 0. The molecule has 11 rings (SSSR count). The summed E-state index contributed by atoms with van der Waals surface area (Å²) in [5.41, 5.74) is 8.01. The van der Waals surface area contributed by atoms with Crippen molar-refractivity contribution in [3.63, 3.8) is 0 Å². The van der Waals surface area contributed by atoms with E-state index in [0.29, 0.717) is 22.1 Å². The average Bonchev–Trinajstić information content (AvgIpc) is 3.94. The molecule has 0 saturated heterocycles. The van der Waals surface area contributed by atoms with Gasteiger partial charge in [0.15, 0.2) is 0 Å². The molecule has 3 aromatic heterocycles. The molecule has 0 aliphatic heterocycles. The largest absolute Gasteiger partial charge is 0.456 e. The predicted molar refractivity (Wildman–Crippen MR) is 213 cm³/mol. The van der Waals surface area contributed by atoms with Gasteiger partial charge in [0.25, 0.3) is 0 Å². The van der Waals surface area contributed by atoms with Crippen LogP contribution in [0, 0.1) is 0 Å². The van der Waals surface area contributed by atoms with Crippen LogP contribution in [0.15, 0.2) is 186 Å². The molecule has 0 saturated carbocycles. The predicted octanol–water partition coefficient (Wildman–Crippen LogP) is 13.1. The number of rotatable bonds is 4. The quantitative estimate of drug-likeness (QED) is 0.184. The second-order valence-corrected chi connectivity index (χ2v) is 12.6. The zero-order valence-electron chi connectivity index (χ0n) is 36.8. The van der Waals surface area contributed by atoms with E-state index in [-0.39, 0.29) is 47.5 Å². The summed E-state index contributed by atoms with van der Waals surface area (Å²) in [6.07, 6.45) is 0. The van der Waals surface area contributed by atoms with Gasteiger partial charge in [-0.3, -0.25) is 0 Å². The fourth-order valence-electron chi connectivity index (χ4n) is 7.73. The maximum Gasteiger partial charge on any atom is 0.136 e. The fourth-order valence-corrected chi connectivity index (χ4v) is 7.73. The molecule has 0 aliphatic rings. The lowest BCUT2D eigenvalue weighted by Crippen LogP contribution is -1.93. The Morgan fingerprint density at radius 3 is 1.65 bits per heavy atom. The van der Waals surface area contributed by atoms with E-state index < -0.39 is 24.2 Å². The Hall–Kier alpha value is -6.84. The van der Waals surface area contributed by atoms with Gasteiger partial charge >= 0.3 is 0 Å². The van der Waals surface area contributed by atoms with Crippen LogP contribution >= 0.6 is 0 Å². The normalized spacial score (nSPS) is 14.7. The van der Waals surface area contributed by atoms with E-state index in [1.807, 2.05) is 72.8 Å². The summed E-state index contributed by atoms with van der Waals surface area (Å²) >= 11 is 0. The second kappa shape index (κ2) is 10.8. The van der Waals surface area contributed by atoms with E-state index in [2.05, 4.69) is 41.0 Å². The Kier molecular flexibility index (Phi) is 4.24. The van der Waals surface area contributed by atoms with Gasteiger partial charge in [-0.05, 0) is 95.0 Å². The van der Waals surface area contributed by atoms with Crippen LogP contribution in [0.5, 0.6) is 0 Å². The van der Waals surface area contributed by atoms with E-state index in [1.54, 1.807) is 16.7 Å². The minimum atomic E-state index is -0.444. The van der Waals surface area contributed by atoms with E-state index in [4.69, 9.17) is 18.1 Å². The van der Waals surface area contributed by atoms with Crippen LogP contribution in [-0.4, -0.2) is 9.13 Å². The summed E-state index contributed by atoms with van der Waals surface area (Å²) in [6, 6.07) is 36.0. The van der Waals surface area contributed by atoms with Crippen LogP contribution in [0.2, 0.25) is 0 Å². The topological polar surface area (TPSA) is 23.0 Å². The van der Waals surface area contributed by atoms with Crippen molar-refractivity contribution in [1.29, 1.82) is 0 Å². The Morgan fingerprint density at radius 2 is 0.980 bits per heavy atom. The first-order valence-electron chi connectivity index (χ1n) is 21.6. The zero-order valence-corrected chi connectivity index (χ0v) is 26.8. The SMILES string of the molecule is [2H]c1c([2H])c([2H])c(-c2cccc3oc4ccc(-n5c6ccccc6c6cc(-c7ccc8c(c7)c7ccccc7n8-c7c([2H])c([2H])c([2H])c([2H])c7[2H])ccc65)cc4c23)c([2H])c1[2H]. The molecule has 0 radical (unpaired) electrons.